The molecule has 0 spiro atoms. The molecule has 112 valence electrons. The highest BCUT2D eigenvalue weighted by molar-refractivity contribution is 9.10. The molecule has 2 fully saturated rings. The average Bonchev–Trinajstić information content (AvgIpc) is 3.11. The van der Waals surface area contributed by atoms with Gasteiger partial charge in [-0.2, -0.15) is 5.10 Å². The summed E-state index contributed by atoms with van der Waals surface area (Å²) in [4.78, 5) is 0. The highest BCUT2D eigenvalue weighted by Gasteiger charge is 2.37. The van der Waals surface area contributed by atoms with Gasteiger partial charge in [-0.05, 0) is 59.9 Å². The van der Waals surface area contributed by atoms with Crippen LogP contribution in [0.4, 0.5) is 0 Å². The Hall–Kier alpha value is -0.350. The Kier molecular flexibility index (Phi) is 4.23. The van der Waals surface area contributed by atoms with E-state index in [1.54, 1.807) is 0 Å². The van der Waals surface area contributed by atoms with Crippen molar-refractivity contribution >= 4 is 15.9 Å². The lowest BCUT2D eigenvalue weighted by Crippen LogP contribution is -2.35. The maximum absolute atomic E-state index is 4.66. The second-order valence-electron chi connectivity index (χ2n) is 6.72. The molecule has 1 aromatic heterocycles. The van der Waals surface area contributed by atoms with Crippen LogP contribution in [0.2, 0.25) is 0 Å². The van der Waals surface area contributed by atoms with Crippen LogP contribution in [0.3, 0.4) is 0 Å². The van der Waals surface area contributed by atoms with E-state index in [1.165, 1.54) is 60.9 Å². The van der Waals surface area contributed by atoms with E-state index in [1.807, 2.05) is 0 Å². The molecule has 4 heteroatoms. The van der Waals surface area contributed by atoms with Crippen LogP contribution in [0.15, 0.2) is 4.47 Å². The number of nitrogens with zero attached hydrogens (tertiary/aromatic N) is 2. The summed E-state index contributed by atoms with van der Waals surface area (Å²) in [5.74, 6) is 0. The fraction of sp³-hybridized carbons (Fsp3) is 0.812. The molecular weight excluding hydrogens is 314 g/mol. The first kappa shape index (κ1) is 14.6. The fourth-order valence-corrected chi connectivity index (χ4v) is 4.31. The van der Waals surface area contributed by atoms with Gasteiger partial charge in [0, 0.05) is 19.6 Å². The molecule has 0 bridgehead atoms. The molecule has 0 aromatic carbocycles. The zero-order valence-corrected chi connectivity index (χ0v) is 14.3. The quantitative estimate of drug-likeness (QED) is 0.858. The lowest BCUT2D eigenvalue weighted by molar-refractivity contribution is 0.270. The van der Waals surface area contributed by atoms with Crippen molar-refractivity contribution < 1.29 is 0 Å². The molecule has 0 unspecified atom stereocenters. The third-order valence-corrected chi connectivity index (χ3v) is 5.97. The largest absolute Gasteiger partial charge is 0.313 e. The fourth-order valence-electron chi connectivity index (χ4n) is 3.56. The van der Waals surface area contributed by atoms with E-state index in [0.29, 0.717) is 5.41 Å². The monoisotopic (exact) mass is 339 g/mol. The predicted octanol–water partition coefficient (Wildman–Crippen LogP) is 3.60. The number of rotatable bonds is 6. The molecule has 2 aliphatic carbocycles. The van der Waals surface area contributed by atoms with Gasteiger partial charge in [-0.1, -0.05) is 19.8 Å². The van der Waals surface area contributed by atoms with E-state index < -0.39 is 0 Å². The lowest BCUT2D eigenvalue weighted by atomic mass is 9.81. The third kappa shape index (κ3) is 2.96. The molecule has 0 amide bonds. The van der Waals surface area contributed by atoms with Gasteiger partial charge < -0.3 is 5.32 Å². The SMILES string of the molecule is CCc1nn(C)c(CC2(CNC3CC3)CCCC2)c1Br. The van der Waals surface area contributed by atoms with Crippen molar-refractivity contribution in [3.05, 3.63) is 15.9 Å². The van der Waals surface area contributed by atoms with Gasteiger partial charge >= 0.3 is 0 Å². The highest BCUT2D eigenvalue weighted by atomic mass is 79.9. The molecule has 1 heterocycles. The van der Waals surface area contributed by atoms with Crippen molar-refractivity contribution in [2.45, 2.75) is 64.3 Å². The summed E-state index contributed by atoms with van der Waals surface area (Å²) in [5.41, 5.74) is 3.05. The van der Waals surface area contributed by atoms with Gasteiger partial charge in [-0.15, -0.1) is 0 Å². The van der Waals surface area contributed by atoms with E-state index in [0.717, 1.165) is 18.9 Å². The van der Waals surface area contributed by atoms with Crippen molar-refractivity contribution in [1.82, 2.24) is 15.1 Å². The molecule has 2 aliphatic rings. The normalized spacial score (nSPS) is 21.6. The number of nitrogens with one attached hydrogen (secondary N) is 1. The summed E-state index contributed by atoms with van der Waals surface area (Å²) < 4.78 is 3.35. The molecule has 1 aromatic rings. The Bertz CT molecular complexity index is 470. The van der Waals surface area contributed by atoms with E-state index >= 15 is 0 Å². The zero-order chi connectivity index (χ0) is 14.2. The zero-order valence-electron chi connectivity index (χ0n) is 12.7. The van der Waals surface area contributed by atoms with Crippen molar-refractivity contribution in [2.24, 2.45) is 12.5 Å². The lowest BCUT2D eigenvalue weighted by Gasteiger charge is -2.30. The van der Waals surface area contributed by atoms with Gasteiger partial charge in [-0.3, -0.25) is 4.68 Å². The first-order valence-corrected chi connectivity index (χ1v) is 8.86. The molecule has 1 N–H and O–H groups in total. The van der Waals surface area contributed by atoms with Crippen LogP contribution in [-0.4, -0.2) is 22.4 Å². The Morgan fingerprint density at radius 3 is 2.60 bits per heavy atom. The van der Waals surface area contributed by atoms with Crippen LogP contribution in [0.1, 0.15) is 56.8 Å². The summed E-state index contributed by atoms with van der Waals surface area (Å²) in [6, 6.07) is 0.814. The molecule has 2 saturated carbocycles. The van der Waals surface area contributed by atoms with Crippen LogP contribution in [0.5, 0.6) is 0 Å². The first-order chi connectivity index (χ1) is 9.63. The van der Waals surface area contributed by atoms with Crippen LogP contribution in [0.25, 0.3) is 0 Å². The Morgan fingerprint density at radius 2 is 2.05 bits per heavy atom. The van der Waals surface area contributed by atoms with Crippen molar-refractivity contribution in [3.8, 4) is 0 Å². The van der Waals surface area contributed by atoms with Gasteiger partial charge in [-0.25, -0.2) is 0 Å². The third-order valence-electron chi connectivity index (χ3n) is 5.05. The molecule has 20 heavy (non-hydrogen) atoms. The topological polar surface area (TPSA) is 29.9 Å². The summed E-state index contributed by atoms with van der Waals surface area (Å²) in [6.45, 7) is 3.37. The minimum absolute atomic E-state index is 0.462. The number of aromatic nitrogens is 2. The molecule has 0 saturated heterocycles. The number of hydrogen-bond acceptors (Lipinski definition) is 2. The second kappa shape index (κ2) is 5.80. The summed E-state index contributed by atoms with van der Waals surface area (Å²) in [6.07, 6.45) is 10.4. The molecule has 3 rings (SSSR count). The van der Waals surface area contributed by atoms with E-state index in [9.17, 15) is 0 Å². The summed E-state index contributed by atoms with van der Waals surface area (Å²) in [7, 11) is 2.09. The molecule has 0 radical (unpaired) electrons. The minimum Gasteiger partial charge on any atom is -0.313 e. The van der Waals surface area contributed by atoms with Crippen LogP contribution in [0, 0.1) is 5.41 Å². The predicted molar refractivity (Wildman–Crippen MR) is 85.9 cm³/mol. The summed E-state index contributed by atoms with van der Waals surface area (Å²) >= 11 is 3.78. The maximum Gasteiger partial charge on any atom is 0.0766 e. The van der Waals surface area contributed by atoms with E-state index in [4.69, 9.17) is 0 Å². The first-order valence-electron chi connectivity index (χ1n) is 8.07. The minimum atomic E-state index is 0.462. The number of aryl methyl sites for hydroxylation is 2. The Morgan fingerprint density at radius 1 is 1.35 bits per heavy atom. The maximum atomic E-state index is 4.66. The second-order valence-corrected chi connectivity index (χ2v) is 7.52. The smallest absolute Gasteiger partial charge is 0.0766 e. The Balaban J connectivity index is 1.76. The van der Waals surface area contributed by atoms with Crippen LogP contribution in [-0.2, 0) is 19.9 Å². The average molecular weight is 340 g/mol. The van der Waals surface area contributed by atoms with Gasteiger partial charge in [0.2, 0.25) is 0 Å². The van der Waals surface area contributed by atoms with Crippen LogP contribution < -0.4 is 5.32 Å². The van der Waals surface area contributed by atoms with E-state index in [-0.39, 0.29) is 0 Å². The van der Waals surface area contributed by atoms with Gasteiger partial charge in [0.05, 0.1) is 15.9 Å². The van der Waals surface area contributed by atoms with E-state index in [2.05, 4.69) is 45.0 Å². The van der Waals surface area contributed by atoms with Gasteiger partial charge in [0.15, 0.2) is 0 Å². The van der Waals surface area contributed by atoms with Crippen molar-refractivity contribution in [1.29, 1.82) is 0 Å². The standard InChI is InChI=1S/C16H26BrN3/c1-3-13-15(17)14(20(2)19-13)10-16(8-4-5-9-16)11-18-12-6-7-12/h12,18H,3-11H2,1-2H3. The highest BCUT2D eigenvalue weighted by Crippen LogP contribution is 2.42. The number of halogens is 1. The van der Waals surface area contributed by atoms with Crippen molar-refractivity contribution in [2.75, 3.05) is 6.54 Å². The molecule has 0 atom stereocenters. The van der Waals surface area contributed by atoms with Crippen molar-refractivity contribution in [3.63, 3.8) is 0 Å². The molecule has 0 aliphatic heterocycles. The molecular formula is C16H26BrN3. The Labute approximate surface area is 130 Å². The number of hydrogen-bond donors (Lipinski definition) is 1. The van der Waals surface area contributed by atoms with Gasteiger partial charge in [0.25, 0.3) is 0 Å². The van der Waals surface area contributed by atoms with Gasteiger partial charge in [0.1, 0.15) is 0 Å². The molecule has 3 nitrogen and oxygen atoms in total. The summed E-state index contributed by atoms with van der Waals surface area (Å²) in [5, 5.41) is 8.43. The van der Waals surface area contributed by atoms with Crippen LogP contribution >= 0.6 is 15.9 Å².